The molecule has 0 heterocycles. The van der Waals surface area contributed by atoms with E-state index in [-0.39, 0.29) is 32.0 Å². The predicted octanol–water partition coefficient (Wildman–Crippen LogP) is 8.61. The number of carbonyl (C=O) groups is 2. The Morgan fingerprint density at radius 2 is 0.980 bits per heavy atom. The number of esters is 2. The number of rotatable bonds is 33. The summed E-state index contributed by atoms with van der Waals surface area (Å²) < 4.78 is 10.2. The van der Waals surface area contributed by atoms with Crippen LogP contribution in [-0.4, -0.2) is 70.0 Å². The molecule has 0 unspecified atom stereocenters. The lowest BCUT2D eigenvalue weighted by Gasteiger charge is -2.14. The Bertz CT molecular complexity index is 894. The Hall–Kier alpha value is -2.26. The van der Waals surface area contributed by atoms with Crippen LogP contribution in [0.15, 0.2) is 48.6 Å². The van der Waals surface area contributed by atoms with Crippen LogP contribution in [0.1, 0.15) is 156 Å². The summed E-state index contributed by atoms with van der Waals surface area (Å²) in [5.74, 6) is -0.0606. The van der Waals surface area contributed by atoms with Gasteiger partial charge in [-0.05, 0) is 31.6 Å². The van der Waals surface area contributed by atoms with Crippen molar-refractivity contribution < 1.29 is 39.5 Å². The summed E-state index contributed by atoms with van der Waals surface area (Å²) in [6.45, 7) is 6.23. The Labute approximate surface area is 298 Å². The summed E-state index contributed by atoms with van der Waals surface area (Å²) in [7, 11) is 0. The van der Waals surface area contributed by atoms with Gasteiger partial charge in [0.2, 0.25) is 0 Å². The molecule has 8 heteroatoms. The van der Waals surface area contributed by atoms with Gasteiger partial charge in [0.05, 0.1) is 18.3 Å². The number of ether oxygens (including phenoxy) is 2. The number of allylic oxidation sites excluding steroid dienone is 6. The van der Waals surface area contributed by atoms with Crippen molar-refractivity contribution in [2.24, 2.45) is 5.92 Å². The van der Waals surface area contributed by atoms with Gasteiger partial charge < -0.3 is 29.9 Å². The van der Waals surface area contributed by atoms with E-state index in [1.165, 1.54) is 70.3 Å². The molecule has 0 amide bonds. The summed E-state index contributed by atoms with van der Waals surface area (Å²) in [4.78, 5) is 24.0. The van der Waals surface area contributed by atoms with Crippen LogP contribution in [0.2, 0.25) is 0 Å². The molecule has 0 spiro atoms. The molecule has 0 aromatic heterocycles. The molecule has 284 valence electrons. The summed E-state index contributed by atoms with van der Waals surface area (Å²) in [5.41, 5.74) is 0. The third-order valence-electron chi connectivity index (χ3n) is 8.36. The van der Waals surface area contributed by atoms with Crippen LogP contribution in [0.4, 0.5) is 0 Å². The van der Waals surface area contributed by atoms with Gasteiger partial charge in [-0.1, -0.05) is 166 Å². The van der Waals surface area contributed by atoms with Gasteiger partial charge in [-0.15, -0.1) is 0 Å². The fourth-order valence-electron chi connectivity index (χ4n) is 5.24. The summed E-state index contributed by atoms with van der Waals surface area (Å²) in [6.07, 6.45) is 31.1. The standard InChI is InChI=1S/C41H72O8/c1-4-5-20-27-36(42)28-22-17-14-15-18-23-29-38(44)39(45)30-25-32-41(47)49-34-37(43)33-48-40(46)31-24-19-13-11-9-7-6-8-10-12-16-21-26-35(2)3/h14-15,17-18,22-23,28-29,35-39,42-45H,4-13,16,19-21,24-27,30-34H2,1-3H3/b17-14-,18-15+,28-22+,29-23+/t36-,37-,38-,39-/m1/s1. The molecule has 0 radical (unpaired) electrons. The van der Waals surface area contributed by atoms with Crippen molar-refractivity contribution in [3.63, 3.8) is 0 Å². The zero-order valence-electron chi connectivity index (χ0n) is 31.2. The highest BCUT2D eigenvalue weighted by Gasteiger charge is 2.15. The molecule has 0 aliphatic rings. The summed E-state index contributed by atoms with van der Waals surface area (Å²) >= 11 is 0. The van der Waals surface area contributed by atoms with Crippen LogP contribution in [0.25, 0.3) is 0 Å². The van der Waals surface area contributed by atoms with E-state index in [1.54, 1.807) is 36.5 Å². The SMILES string of the molecule is CCCCC[C@@H](O)/C=C/C=C\C=C\C=C\[C@@H](O)[C@H](O)CCCC(=O)OC[C@H](O)COC(=O)CCCCCCCCCCCCCCC(C)C. The van der Waals surface area contributed by atoms with Gasteiger partial charge in [0.1, 0.15) is 19.3 Å². The summed E-state index contributed by atoms with van der Waals surface area (Å²) in [6, 6.07) is 0. The minimum absolute atomic E-state index is 0.0318. The maximum atomic E-state index is 12.0. The van der Waals surface area contributed by atoms with Crippen molar-refractivity contribution in [2.75, 3.05) is 13.2 Å². The Morgan fingerprint density at radius 1 is 0.531 bits per heavy atom. The zero-order valence-corrected chi connectivity index (χ0v) is 31.2. The quantitative estimate of drug-likeness (QED) is 0.0305. The average Bonchev–Trinajstić information content (AvgIpc) is 3.07. The second-order valence-corrected chi connectivity index (χ2v) is 13.7. The third kappa shape index (κ3) is 34.0. The van der Waals surface area contributed by atoms with Gasteiger partial charge in [0.15, 0.2) is 0 Å². The first-order valence-electron chi connectivity index (χ1n) is 19.4. The number of aliphatic hydroxyl groups is 4. The second kappa shape index (κ2) is 34.2. The molecule has 4 N–H and O–H groups in total. The fourth-order valence-corrected chi connectivity index (χ4v) is 5.24. The highest BCUT2D eigenvalue weighted by Crippen LogP contribution is 2.15. The lowest BCUT2D eigenvalue weighted by atomic mass is 10.0. The van der Waals surface area contributed by atoms with Gasteiger partial charge >= 0.3 is 11.9 Å². The van der Waals surface area contributed by atoms with Gasteiger partial charge in [0, 0.05) is 12.8 Å². The minimum atomic E-state index is -1.09. The number of aliphatic hydroxyl groups excluding tert-OH is 4. The fraction of sp³-hybridized carbons (Fsp3) is 0.756. The van der Waals surface area contributed by atoms with Gasteiger partial charge in [-0.25, -0.2) is 0 Å². The van der Waals surface area contributed by atoms with E-state index in [1.807, 2.05) is 6.08 Å². The van der Waals surface area contributed by atoms with Gasteiger partial charge in [-0.2, -0.15) is 0 Å². The Balaban J connectivity index is 3.78. The number of hydrogen-bond donors (Lipinski definition) is 4. The molecule has 0 bridgehead atoms. The van der Waals surface area contributed by atoms with Crippen LogP contribution in [0.3, 0.4) is 0 Å². The van der Waals surface area contributed by atoms with Crippen molar-refractivity contribution in [1.29, 1.82) is 0 Å². The molecule has 0 aliphatic heterocycles. The maximum Gasteiger partial charge on any atom is 0.305 e. The maximum absolute atomic E-state index is 12.0. The molecule has 4 atom stereocenters. The van der Waals surface area contributed by atoms with E-state index in [9.17, 15) is 30.0 Å². The molecule has 0 saturated heterocycles. The Morgan fingerprint density at radius 3 is 1.51 bits per heavy atom. The van der Waals surface area contributed by atoms with E-state index in [4.69, 9.17) is 9.47 Å². The van der Waals surface area contributed by atoms with Crippen LogP contribution >= 0.6 is 0 Å². The molecule has 49 heavy (non-hydrogen) atoms. The van der Waals surface area contributed by atoms with Crippen molar-refractivity contribution in [2.45, 2.75) is 180 Å². The first-order valence-corrected chi connectivity index (χ1v) is 19.4. The number of unbranched alkanes of at least 4 members (excludes halogenated alkanes) is 13. The molecule has 0 rings (SSSR count). The first kappa shape index (κ1) is 46.7. The molecule has 0 aliphatic carbocycles. The topological polar surface area (TPSA) is 134 Å². The average molecular weight is 693 g/mol. The highest BCUT2D eigenvalue weighted by atomic mass is 16.6. The van der Waals surface area contributed by atoms with Crippen LogP contribution in [0.5, 0.6) is 0 Å². The lowest BCUT2D eigenvalue weighted by molar-refractivity contribution is -0.152. The summed E-state index contributed by atoms with van der Waals surface area (Å²) in [5, 5.41) is 40.1. The molecule has 0 fully saturated rings. The van der Waals surface area contributed by atoms with Gasteiger partial charge in [-0.3, -0.25) is 9.59 Å². The highest BCUT2D eigenvalue weighted by molar-refractivity contribution is 5.69. The van der Waals surface area contributed by atoms with Crippen LogP contribution < -0.4 is 0 Å². The molecule has 0 aromatic rings. The minimum Gasteiger partial charge on any atom is -0.463 e. The predicted molar refractivity (Wildman–Crippen MR) is 200 cm³/mol. The molecular formula is C41H72O8. The van der Waals surface area contributed by atoms with Crippen molar-refractivity contribution in [1.82, 2.24) is 0 Å². The van der Waals surface area contributed by atoms with E-state index < -0.39 is 30.4 Å². The van der Waals surface area contributed by atoms with E-state index >= 15 is 0 Å². The molecule has 8 nitrogen and oxygen atoms in total. The third-order valence-corrected chi connectivity index (χ3v) is 8.36. The van der Waals surface area contributed by atoms with E-state index in [2.05, 4.69) is 20.8 Å². The second-order valence-electron chi connectivity index (χ2n) is 13.7. The number of carbonyl (C=O) groups excluding carboxylic acids is 2. The largest absolute Gasteiger partial charge is 0.463 e. The van der Waals surface area contributed by atoms with E-state index in [0.29, 0.717) is 12.8 Å². The normalized spacial score (nSPS) is 14.8. The smallest absolute Gasteiger partial charge is 0.305 e. The van der Waals surface area contributed by atoms with Crippen molar-refractivity contribution in [3.05, 3.63) is 48.6 Å². The Kier molecular flexibility index (Phi) is 32.6. The molecule has 0 saturated carbocycles. The van der Waals surface area contributed by atoms with E-state index in [0.717, 1.165) is 50.9 Å². The lowest BCUT2D eigenvalue weighted by Crippen LogP contribution is -2.26. The zero-order chi connectivity index (χ0) is 36.4. The number of hydrogen-bond acceptors (Lipinski definition) is 8. The van der Waals surface area contributed by atoms with Gasteiger partial charge in [0.25, 0.3) is 0 Å². The van der Waals surface area contributed by atoms with Crippen molar-refractivity contribution in [3.8, 4) is 0 Å². The van der Waals surface area contributed by atoms with Crippen LogP contribution in [-0.2, 0) is 19.1 Å². The molecular weight excluding hydrogens is 620 g/mol. The monoisotopic (exact) mass is 693 g/mol. The van der Waals surface area contributed by atoms with Crippen LogP contribution in [0, 0.1) is 5.92 Å². The van der Waals surface area contributed by atoms with Crippen molar-refractivity contribution >= 4 is 11.9 Å². The molecule has 0 aromatic carbocycles. The first-order chi connectivity index (χ1) is 23.6.